The molecule has 10 heteroatoms. The summed E-state index contributed by atoms with van der Waals surface area (Å²) in [4.78, 5) is 39.1. The molecule has 0 saturated carbocycles. The Morgan fingerprint density at radius 1 is 0.917 bits per heavy atom. The van der Waals surface area contributed by atoms with Gasteiger partial charge in [0.15, 0.2) is 11.5 Å². The van der Waals surface area contributed by atoms with Gasteiger partial charge in [-0.15, -0.1) is 0 Å². The van der Waals surface area contributed by atoms with Crippen LogP contribution in [0.2, 0.25) is 0 Å². The van der Waals surface area contributed by atoms with Crippen LogP contribution in [-0.4, -0.2) is 24.5 Å². The molecule has 0 atom stereocenters. The van der Waals surface area contributed by atoms with E-state index in [1.165, 1.54) is 6.08 Å². The van der Waals surface area contributed by atoms with Crippen LogP contribution in [0.1, 0.15) is 18.1 Å². The van der Waals surface area contributed by atoms with Gasteiger partial charge in [-0.1, -0.05) is 50.1 Å². The molecule has 1 heterocycles. The Kier molecular flexibility index (Phi) is 8.28. The molecular weight excluding hydrogens is 660 g/mol. The van der Waals surface area contributed by atoms with Gasteiger partial charge in [0.05, 0.1) is 16.8 Å². The third kappa shape index (κ3) is 5.71. The predicted octanol–water partition coefficient (Wildman–Crippen LogP) is 6.62. The number of urea groups is 1. The highest BCUT2D eigenvalue weighted by atomic mass is 79.9. The molecule has 4 rings (SSSR count). The van der Waals surface area contributed by atoms with Gasteiger partial charge in [-0.2, -0.15) is 0 Å². The first-order chi connectivity index (χ1) is 17.3. The minimum atomic E-state index is -0.809. The zero-order chi connectivity index (χ0) is 25.8. The molecule has 1 aliphatic heterocycles. The topological polar surface area (TPSA) is 84.9 Å². The Morgan fingerprint density at radius 3 is 2.33 bits per heavy atom. The van der Waals surface area contributed by atoms with Crippen LogP contribution in [0.5, 0.6) is 11.5 Å². The number of nitrogens with one attached hydrogen (secondary N) is 1. The largest absolute Gasteiger partial charge is 0.490 e. The van der Waals surface area contributed by atoms with E-state index in [2.05, 4.69) is 53.1 Å². The smallest absolute Gasteiger partial charge is 0.335 e. The molecule has 1 N–H and O–H groups in total. The highest BCUT2D eigenvalue weighted by molar-refractivity contribution is 9.11. The highest BCUT2D eigenvalue weighted by Crippen LogP contribution is 2.38. The minimum Gasteiger partial charge on any atom is -0.490 e. The van der Waals surface area contributed by atoms with Gasteiger partial charge in [0.2, 0.25) is 0 Å². The van der Waals surface area contributed by atoms with Crippen molar-refractivity contribution < 1.29 is 23.9 Å². The molecule has 4 amide bonds. The molecule has 0 bridgehead atoms. The third-order valence-electron chi connectivity index (χ3n) is 5.16. The van der Waals surface area contributed by atoms with Crippen LogP contribution in [0.25, 0.3) is 6.08 Å². The van der Waals surface area contributed by atoms with E-state index in [1.54, 1.807) is 36.4 Å². The lowest BCUT2D eigenvalue weighted by atomic mass is 10.1. The van der Waals surface area contributed by atoms with Gasteiger partial charge >= 0.3 is 6.03 Å². The number of amides is 4. The van der Waals surface area contributed by atoms with Crippen LogP contribution in [0.3, 0.4) is 0 Å². The molecule has 7 nitrogen and oxygen atoms in total. The Labute approximate surface area is 232 Å². The minimum absolute atomic E-state index is 0.186. The number of rotatable bonds is 7. The fourth-order valence-electron chi connectivity index (χ4n) is 3.49. The summed E-state index contributed by atoms with van der Waals surface area (Å²) in [5.74, 6) is -0.577. The Morgan fingerprint density at radius 2 is 1.64 bits per heavy atom. The van der Waals surface area contributed by atoms with E-state index in [4.69, 9.17) is 9.47 Å². The van der Waals surface area contributed by atoms with E-state index >= 15 is 0 Å². The lowest BCUT2D eigenvalue weighted by Crippen LogP contribution is -2.54. The lowest BCUT2D eigenvalue weighted by Gasteiger charge is -2.26. The highest BCUT2D eigenvalue weighted by Gasteiger charge is 2.36. The van der Waals surface area contributed by atoms with Crippen molar-refractivity contribution in [1.29, 1.82) is 0 Å². The summed E-state index contributed by atoms with van der Waals surface area (Å²) >= 11 is 10.4. The van der Waals surface area contributed by atoms with Gasteiger partial charge in [0.1, 0.15) is 12.2 Å². The fraction of sp³-hybridized carbons (Fsp3) is 0.115. The van der Waals surface area contributed by atoms with Crippen LogP contribution in [0.15, 0.2) is 79.7 Å². The van der Waals surface area contributed by atoms with Gasteiger partial charge in [-0.3, -0.25) is 14.9 Å². The Hall–Kier alpha value is -2.95. The van der Waals surface area contributed by atoms with Crippen LogP contribution in [0.4, 0.5) is 10.5 Å². The molecule has 1 saturated heterocycles. The zero-order valence-corrected chi connectivity index (χ0v) is 23.6. The monoisotopic (exact) mass is 676 g/mol. The number of hydrogen-bond acceptors (Lipinski definition) is 5. The molecule has 0 radical (unpaired) electrons. The van der Waals surface area contributed by atoms with Crippen molar-refractivity contribution in [3.05, 3.63) is 90.8 Å². The van der Waals surface area contributed by atoms with Crippen molar-refractivity contribution in [2.75, 3.05) is 11.5 Å². The van der Waals surface area contributed by atoms with E-state index < -0.39 is 17.8 Å². The summed E-state index contributed by atoms with van der Waals surface area (Å²) in [5.41, 5.74) is 1.63. The lowest BCUT2D eigenvalue weighted by molar-refractivity contribution is -0.122. The van der Waals surface area contributed by atoms with Crippen LogP contribution in [-0.2, 0) is 16.2 Å². The van der Waals surface area contributed by atoms with Gasteiger partial charge in [-0.25, -0.2) is 9.69 Å². The van der Waals surface area contributed by atoms with E-state index in [1.807, 2.05) is 31.2 Å². The predicted molar refractivity (Wildman–Crippen MR) is 147 cm³/mol. The molecule has 36 heavy (non-hydrogen) atoms. The summed E-state index contributed by atoms with van der Waals surface area (Å²) in [6.07, 6.45) is 1.42. The number of imide groups is 2. The molecule has 0 aromatic heterocycles. The second-order valence-corrected chi connectivity index (χ2v) is 10.2. The second-order valence-electron chi connectivity index (χ2n) is 7.58. The standard InChI is InChI=1S/C26H19Br3N2O5/c1-2-35-22-13-15(12-21(29)23(22)36-14-16-5-3-4-6-20(16)28)11-19-24(32)30-26(34)31(25(19)33)18-9-7-17(27)8-10-18/h3-13H,2,14H2,1H3,(H,30,32,34)/b19-11+. The van der Waals surface area contributed by atoms with Crippen molar-refractivity contribution in [3.63, 3.8) is 0 Å². The van der Waals surface area contributed by atoms with Crippen LogP contribution in [0, 0.1) is 0 Å². The van der Waals surface area contributed by atoms with E-state index in [9.17, 15) is 14.4 Å². The second kappa shape index (κ2) is 11.4. The maximum atomic E-state index is 13.2. The molecule has 184 valence electrons. The van der Waals surface area contributed by atoms with Gasteiger partial charge in [-0.05, 0) is 77.0 Å². The number of barbiturate groups is 1. The van der Waals surface area contributed by atoms with E-state index in [0.717, 1.165) is 19.4 Å². The average molecular weight is 679 g/mol. The first-order valence-electron chi connectivity index (χ1n) is 10.8. The fourth-order valence-corrected chi connectivity index (χ4v) is 4.73. The maximum absolute atomic E-state index is 13.2. The molecule has 1 aliphatic rings. The quantitative estimate of drug-likeness (QED) is 0.224. The van der Waals surface area contributed by atoms with Crippen molar-refractivity contribution in [2.45, 2.75) is 13.5 Å². The van der Waals surface area contributed by atoms with Crippen molar-refractivity contribution in [3.8, 4) is 11.5 Å². The summed E-state index contributed by atoms with van der Waals surface area (Å²) < 4.78 is 14.1. The van der Waals surface area contributed by atoms with Crippen LogP contribution >= 0.6 is 47.8 Å². The van der Waals surface area contributed by atoms with Gasteiger partial charge < -0.3 is 9.47 Å². The van der Waals surface area contributed by atoms with E-state index in [-0.39, 0.29) is 5.57 Å². The number of carbonyl (C=O) groups is 3. The maximum Gasteiger partial charge on any atom is 0.335 e. The SMILES string of the molecule is CCOc1cc(/C=C2\C(=O)NC(=O)N(c3ccc(Br)cc3)C2=O)cc(Br)c1OCc1ccccc1Br. The first-order valence-corrected chi connectivity index (χ1v) is 13.2. The number of hydrogen-bond donors (Lipinski definition) is 1. The molecule has 3 aromatic rings. The number of anilines is 1. The average Bonchev–Trinajstić information content (AvgIpc) is 2.83. The van der Waals surface area contributed by atoms with Crippen molar-refractivity contribution in [2.24, 2.45) is 0 Å². The molecule has 0 unspecified atom stereocenters. The zero-order valence-electron chi connectivity index (χ0n) is 18.9. The summed E-state index contributed by atoms with van der Waals surface area (Å²) in [6.45, 7) is 2.52. The molecule has 3 aromatic carbocycles. The number of nitrogens with zero attached hydrogens (tertiary/aromatic N) is 1. The molecule has 1 fully saturated rings. The third-order valence-corrected chi connectivity index (χ3v) is 7.05. The molecular formula is C26H19Br3N2O5. The molecule has 0 spiro atoms. The summed E-state index contributed by atoms with van der Waals surface area (Å²) in [5, 5.41) is 2.23. The number of carbonyl (C=O) groups excluding carboxylic acids is 3. The van der Waals surface area contributed by atoms with Crippen molar-refractivity contribution in [1.82, 2.24) is 5.32 Å². The Bertz CT molecular complexity index is 1370. The number of benzene rings is 3. The normalized spacial score (nSPS) is 14.7. The summed E-state index contributed by atoms with van der Waals surface area (Å²) in [7, 11) is 0. The van der Waals surface area contributed by atoms with Gasteiger partial charge in [0.25, 0.3) is 11.8 Å². The first kappa shape index (κ1) is 26.1. The number of halogens is 3. The van der Waals surface area contributed by atoms with Crippen molar-refractivity contribution >= 4 is 77.4 Å². The Balaban J connectivity index is 1.66. The van der Waals surface area contributed by atoms with Crippen LogP contribution < -0.4 is 19.7 Å². The molecule has 0 aliphatic carbocycles. The summed E-state index contributed by atoms with van der Waals surface area (Å²) in [6, 6.07) is 16.9. The van der Waals surface area contributed by atoms with E-state index in [0.29, 0.717) is 40.4 Å². The van der Waals surface area contributed by atoms with Gasteiger partial charge in [0, 0.05) is 14.5 Å². The number of ether oxygens (including phenoxy) is 2.